The summed E-state index contributed by atoms with van der Waals surface area (Å²) in [7, 11) is 1.67. The van der Waals surface area contributed by atoms with Crippen LogP contribution in [0, 0.1) is 5.82 Å². The Hall–Kier alpha value is -2.41. The van der Waals surface area contributed by atoms with Crippen LogP contribution >= 0.6 is 15.9 Å². The average Bonchev–Trinajstić information content (AvgIpc) is 3.24. The van der Waals surface area contributed by atoms with E-state index in [2.05, 4.69) is 32.6 Å². The van der Waals surface area contributed by atoms with Crippen molar-refractivity contribution in [1.29, 1.82) is 0 Å². The smallest absolute Gasteiger partial charge is 0.252 e. The molecular weight excluding hydrogens is 451 g/mol. The largest absolute Gasteiger partial charge is 0.496 e. The zero-order valence-corrected chi connectivity index (χ0v) is 18.6. The minimum absolute atomic E-state index is 0.127. The van der Waals surface area contributed by atoms with Gasteiger partial charge >= 0.3 is 0 Å². The molecule has 2 N–H and O–H groups in total. The van der Waals surface area contributed by atoms with Gasteiger partial charge in [-0.25, -0.2) is 4.39 Å². The van der Waals surface area contributed by atoms with Crippen molar-refractivity contribution in [3.63, 3.8) is 0 Å². The number of halogens is 2. The molecule has 160 valence electrons. The van der Waals surface area contributed by atoms with Crippen molar-refractivity contribution < 1.29 is 18.7 Å². The topological polar surface area (TPSA) is 67.4 Å². The molecule has 1 aliphatic rings. The summed E-state index contributed by atoms with van der Waals surface area (Å²) in [4.78, 5) is 24.6. The van der Waals surface area contributed by atoms with Gasteiger partial charge in [-0.1, -0.05) is 31.0 Å². The fourth-order valence-electron chi connectivity index (χ4n) is 4.09. The summed E-state index contributed by atoms with van der Waals surface area (Å²) in [5, 5.41) is 5.70. The van der Waals surface area contributed by atoms with E-state index in [0.717, 1.165) is 43.1 Å². The summed E-state index contributed by atoms with van der Waals surface area (Å²) >= 11 is 3.24. The normalized spacial score (nSPS) is 14.9. The number of benzene rings is 2. The van der Waals surface area contributed by atoms with Crippen molar-refractivity contribution in [2.75, 3.05) is 20.2 Å². The van der Waals surface area contributed by atoms with E-state index in [-0.39, 0.29) is 29.9 Å². The maximum atomic E-state index is 13.4. The molecule has 2 aromatic carbocycles. The Morgan fingerprint density at radius 2 is 1.87 bits per heavy atom. The number of para-hydroxylation sites is 1. The predicted octanol–water partition coefficient (Wildman–Crippen LogP) is 4.34. The van der Waals surface area contributed by atoms with E-state index in [4.69, 9.17) is 4.74 Å². The van der Waals surface area contributed by atoms with Gasteiger partial charge in [0.1, 0.15) is 11.6 Å². The van der Waals surface area contributed by atoms with Gasteiger partial charge in [-0.15, -0.1) is 0 Å². The molecule has 0 aromatic heterocycles. The Kier molecular flexibility index (Phi) is 7.48. The number of rotatable bonds is 8. The number of carbonyl (C=O) groups is 2. The second-order valence-electron chi connectivity index (χ2n) is 7.59. The van der Waals surface area contributed by atoms with Crippen molar-refractivity contribution in [3.05, 3.63) is 63.9 Å². The van der Waals surface area contributed by atoms with Crippen LogP contribution in [-0.4, -0.2) is 32.0 Å². The second kappa shape index (κ2) is 10.1. The lowest BCUT2D eigenvalue weighted by Gasteiger charge is -2.31. The first kappa shape index (κ1) is 22.3. The average molecular weight is 477 g/mol. The Morgan fingerprint density at radius 1 is 1.13 bits per heavy atom. The van der Waals surface area contributed by atoms with Crippen molar-refractivity contribution in [2.24, 2.45) is 0 Å². The first-order valence-electron chi connectivity index (χ1n) is 10.1. The number of hydrogen-bond donors (Lipinski definition) is 2. The van der Waals surface area contributed by atoms with E-state index in [1.165, 1.54) is 12.1 Å². The molecule has 5 nitrogen and oxygen atoms in total. The second-order valence-corrected chi connectivity index (χ2v) is 8.45. The summed E-state index contributed by atoms with van der Waals surface area (Å²) in [5.41, 5.74) is 1.21. The SMILES string of the molecule is COc1ccccc1C1(CNC(=O)CCNC(=O)c2cc(F)ccc2Br)CCCC1. The van der Waals surface area contributed by atoms with Crippen LogP contribution in [0.1, 0.15) is 48.0 Å². The molecule has 30 heavy (non-hydrogen) atoms. The van der Waals surface area contributed by atoms with Crippen molar-refractivity contribution in [2.45, 2.75) is 37.5 Å². The van der Waals surface area contributed by atoms with Crippen LogP contribution in [0.25, 0.3) is 0 Å². The summed E-state index contributed by atoms with van der Waals surface area (Å²) in [6, 6.07) is 11.9. The van der Waals surface area contributed by atoms with Crippen molar-refractivity contribution >= 4 is 27.7 Å². The van der Waals surface area contributed by atoms with E-state index in [9.17, 15) is 14.0 Å². The highest BCUT2D eigenvalue weighted by atomic mass is 79.9. The molecule has 1 fully saturated rings. The van der Waals surface area contributed by atoms with E-state index in [1.54, 1.807) is 7.11 Å². The van der Waals surface area contributed by atoms with Gasteiger partial charge in [-0.05, 0) is 53.0 Å². The lowest BCUT2D eigenvalue weighted by molar-refractivity contribution is -0.121. The van der Waals surface area contributed by atoms with Crippen LogP contribution in [-0.2, 0) is 10.2 Å². The molecule has 0 radical (unpaired) electrons. The Morgan fingerprint density at radius 3 is 2.60 bits per heavy atom. The number of nitrogens with one attached hydrogen (secondary N) is 2. The van der Waals surface area contributed by atoms with E-state index in [0.29, 0.717) is 11.0 Å². The van der Waals surface area contributed by atoms with Gasteiger partial charge in [-0.2, -0.15) is 0 Å². The fraction of sp³-hybridized carbons (Fsp3) is 0.391. The van der Waals surface area contributed by atoms with Crippen molar-refractivity contribution in [1.82, 2.24) is 10.6 Å². The third kappa shape index (κ3) is 5.19. The minimum atomic E-state index is -0.487. The molecule has 0 unspecified atom stereocenters. The molecule has 1 aliphatic carbocycles. The van der Waals surface area contributed by atoms with Gasteiger partial charge in [0.25, 0.3) is 5.91 Å². The summed E-state index contributed by atoms with van der Waals surface area (Å²) in [6.45, 7) is 0.713. The molecule has 3 rings (SSSR count). The van der Waals surface area contributed by atoms with Gasteiger partial charge < -0.3 is 15.4 Å². The molecule has 0 bridgehead atoms. The molecule has 2 aromatic rings. The number of hydrogen-bond acceptors (Lipinski definition) is 3. The molecule has 0 heterocycles. The van der Waals surface area contributed by atoms with E-state index >= 15 is 0 Å². The minimum Gasteiger partial charge on any atom is -0.496 e. The van der Waals surface area contributed by atoms with E-state index in [1.807, 2.05) is 18.2 Å². The summed E-state index contributed by atoms with van der Waals surface area (Å²) < 4.78 is 19.4. The van der Waals surface area contributed by atoms with Gasteiger partial charge in [-0.3, -0.25) is 9.59 Å². The lowest BCUT2D eigenvalue weighted by Crippen LogP contribution is -2.40. The molecule has 7 heteroatoms. The lowest BCUT2D eigenvalue weighted by atomic mass is 9.78. The third-order valence-corrected chi connectivity index (χ3v) is 6.37. The highest BCUT2D eigenvalue weighted by Gasteiger charge is 2.37. The van der Waals surface area contributed by atoms with Crippen molar-refractivity contribution in [3.8, 4) is 5.75 Å². The zero-order valence-electron chi connectivity index (χ0n) is 17.0. The number of methoxy groups -OCH3 is 1. The molecule has 0 saturated heterocycles. The van der Waals surface area contributed by atoms with Gasteiger partial charge in [0.15, 0.2) is 0 Å². The first-order chi connectivity index (χ1) is 14.4. The summed E-state index contributed by atoms with van der Waals surface area (Å²) in [6.07, 6.45) is 4.38. The maximum Gasteiger partial charge on any atom is 0.252 e. The van der Waals surface area contributed by atoms with Gasteiger partial charge in [0, 0.05) is 35.0 Å². The van der Waals surface area contributed by atoms with Crippen LogP contribution in [0.4, 0.5) is 4.39 Å². The zero-order chi connectivity index (χ0) is 21.6. The molecular formula is C23H26BrFN2O3. The maximum absolute atomic E-state index is 13.4. The van der Waals surface area contributed by atoms with Crippen LogP contribution in [0.2, 0.25) is 0 Å². The van der Waals surface area contributed by atoms with Crippen LogP contribution in [0.15, 0.2) is 46.9 Å². The molecule has 0 spiro atoms. The molecule has 0 aliphatic heterocycles. The van der Waals surface area contributed by atoms with Gasteiger partial charge in [0.05, 0.1) is 12.7 Å². The van der Waals surface area contributed by atoms with Gasteiger partial charge in [0.2, 0.25) is 5.91 Å². The highest BCUT2D eigenvalue weighted by molar-refractivity contribution is 9.10. The van der Waals surface area contributed by atoms with Crippen LogP contribution in [0.5, 0.6) is 5.75 Å². The Labute approximate surface area is 184 Å². The van der Waals surface area contributed by atoms with Crippen LogP contribution < -0.4 is 15.4 Å². The molecule has 1 saturated carbocycles. The fourth-order valence-corrected chi connectivity index (χ4v) is 4.52. The predicted molar refractivity (Wildman–Crippen MR) is 117 cm³/mol. The van der Waals surface area contributed by atoms with E-state index < -0.39 is 11.7 Å². The standard InChI is InChI=1S/C23H26BrFN2O3/c1-30-20-7-3-2-6-18(20)23(11-4-5-12-23)15-27-21(28)10-13-26-22(29)17-14-16(25)8-9-19(17)24/h2-3,6-9,14H,4-5,10-13,15H2,1H3,(H,26,29)(H,27,28). The Bertz CT molecular complexity index is 913. The number of carbonyl (C=O) groups excluding carboxylic acids is 2. The number of ether oxygens (including phenoxy) is 1. The monoisotopic (exact) mass is 476 g/mol. The molecule has 0 atom stereocenters. The third-order valence-electron chi connectivity index (χ3n) is 5.67. The highest BCUT2D eigenvalue weighted by Crippen LogP contribution is 2.44. The summed E-state index contributed by atoms with van der Waals surface area (Å²) in [5.74, 6) is -0.189. The Balaban J connectivity index is 1.54. The first-order valence-corrected chi connectivity index (χ1v) is 10.9. The molecule has 2 amide bonds. The number of amides is 2. The van der Waals surface area contributed by atoms with Crippen LogP contribution in [0.3, 0.4) is 0 Å². The quantitative estimate of drug-likeness (QED) is 0.595.